The topological polar surface area (TPSA) is 43.8 Å². The summed E-state index contributed by atoms with van der Waals surface area (Å²) in [5.74, 6) is 1.24. The number of pyridine rings is 2. The quantitative estimate of drug-likeness (QED) is 0.131. The molecule has 0 spiro atoms. The van der Waals surface area contributed by atoms with Crippen molar-refractivity contribution in [3.8, 4) is 11.5 Å². The number of hydrogen-bond donors (Lipinski definition) is 0. The Morgan fingerprint density at radius 1 is 0.591 bits per heavy atom. The first-order valence-corrected chi connectivity index (χ1v) is 14.8. The van der Waals surface area contributed by atoms with Crippen LogP contribution in [0.2, 0.25) is 0 Å². The molecule has 0 atom stereocenters. The summed E-state index contributed by atoms with van der Waals surface area (Å²) in [6, 6.07) is 28.5. The van der Waals surface area contributed by atoms with E-state index in [4.69, 9.17) is 14.7 Å². The molecule has 0 aliphatic carbocycles. The maximum absolute atomic E-state index is 6.48. The van der Waals surface area contributed by atoms with Crippen LogP contribution in [-0.4, -0.2) is 18.8 Å². The minimum atomic E-state index is -0.0227. The Bertz CT molecular complexity index is 2230. The Kier molecular flexibility index (Phi) is 6.43. The van der Waals surface area contributed by atoms with Gasteiger partial charge in [-0.2, -0.15) is 0 Å². The molecule has 220 valence electrons. The molecule has 44 heavy (non-hydrogen) atoms. The molecule has 6 heteroatoms. The van der Waals surface area contributed by atoms with E-state index in [2.05, 4.69) is 111 Å². The molecule has 8 aromatic rings. The third-order valence-electron chi connectivity index (χ3n) is 8.55. The van der Waals surface area contributed by atoms with Gasteiger partial charge in [0.1, 0.15) is 0 Å². The summed E-state index contributed by atoms with van der Waals surface area (Å²) in [6.45, 7) is 13.5. The molecule has 0 bridgehead atoms. The monoisotopic (exact) mass is 755 g/mol. The molecule has 0 aliphatic heterocycles. The predicted molar refractivity (Wildman–Crippen MR) is 176 cm³/mol. The van der Waals surface area contributed by atoms with Crippen molar-refractivity contribution >= 4 is 54.6 Å². The molecular formula is C38H32N4OPt. The first-order valence-electron chi connectivity index (χ1n) is 14.8. The van der Waals surface area contributed by atoms with Crippen LogP contribution >= 0.6 is 0 Å². The molecule has 0 saturated heterocycles. The number of aromatic nitrogens is 4. The van der Waals surface area contributed by atoms with Crippen LogP contribution in [0.25, 0.3) is 54.6 Å². The first kappa shape index (κ1) is 28.6. The molecule has 4 aromatic carbocycles. The van der Waals surface area contributed by atoms with Crippen molar-refractivity contribution in [2.24, 2.45) is 0 Å². The van der Waals surface area contributed by atoms with E-state index < -0.39 is 0 Å². The van der Waals surface area contributed by atoms with Gasteiger partial charge in [0.15, 0.2) is 0 Å². The molecule has 8 rings (SSSR count). The summed E-state index contributed by atoms with van der Waals surface area (Å²) in [5, 5.41) is 6.55. The minimum Gasteiger partial charge on any atom is -0.497 e. The first-order chi connectivity index (χ1) is 20.6. The molecule has 0 aliphatic rings. The Morgan fingerprint density at radius 3 is 1.43 bits per heavy atom. The number of rotatable bonds is 2. The van der Waals surface area contributed by atoms with E-state index in [-0.39, 0.29) is 31.9 Å². The van der Waals surface area contributed by atoms with Crippen LogP contribution in [0.3, 0.4) is 0 Å². The van der Waals surface area contributed by atoms with Crippen molar-refractivity contribution in [1.82, 2.24) is 18.8 Å². The summed E-state index contributed by atoms with van der Waals surface area (Å²) in [4.78, 5) is 9.44. The molecule has 0 N–H and O–H groups in total. The average Bonchev–Trinajstić information content (AvgIpc) is 3.67. The minimum absolute atomic E-state index is 0. The molecular weight excluding hydrogens is 724 g/mol. The molecule has 5 nitrogen and oxygen atoms in total. The zero-order valence-electron chi connectivity index (χ0n) is 25.6. The predicted octanol–water partition coefficient (Wildman–Crippen LogP) is 9.58. The van der Waals surface area contributed by atoms with Gasteiger partial charge in [-0.15, -0.1) is 12.1 Å². The van der Waals surface area contributed by atoms with Crippen LogP contribution < -0.4 is 4.74 Å². The Morgan fingerprint density at radius 2 is 1.02 bits per heavy atom. The van der Waals surface area contributed by atoms with E-state index in [1.165, 1.54) is 21.9 Å². The van der Waals surface area contributed by atoms with Gasteiger partial charge >= 0.3 is 21.1 Å². The van der Waals surface area contributed by atoms with Crippen molar-refractivity contribution in [3.05, 3.63) is 109 Å². The zero-order valence-corrected chi connectivity index (χ0v) is 27.9. The number of benzene rings is 4. The van der Waals surface area contributed by atoms with E-state index in [0.717, 1.165) is 43.9 Å². The smallest absolute Gasteiger partial charge is 0.497 e. The molecule has 4 aromatic heterocycles. The number of hydrogen-bond acceptors (Lipinski definition) is 3. The SMILES string of the molecule is CC(C)(C)c1cccc2c1c1ccc(Oc3[c-]c4c(cc3)c3c(C(C)(C)C)cccc3n3ccnc43)[c-]c1c1nccn21.[Pt+2]. The van der Waals surface area contributed by atoms with Crippen molar-refractivity contribution in [1.29, 1.82) is 0 Å². The summed E-state index contributed by atoms with van der Waals surface area (Å²) in [6.07, 6.45) is 7.74. The van der Waals surface area contributed by atoms with Gasteiger partial charge in [-0.3, -0.25) is 9.97 Å². The summed E-state index contributed by atoms with van der Waals surface area (Å²) < 4.78 is 10.8. The van der Waals surface area contributed by atoms with E-state index in [9.17, 15) is 0 Å². The van der Waals surface area contributed by atoms with Gasteiger partial charge in [0.2, 0.25) is 0 Å². The molecule has 0 unspecified atom stereocenters. The largest absolute Gasteiger partial charge is 2.00 e. The van der Waals surface area contributed by atoms with Gasteiger partial charge < -0.3 is 13.5 Å². The fourth-order valence-electron chi connectivity index (χ4n) is 6.62. The molecule has 0 radical (unpaired) electrons. The normalized spacial score (nSPS) is 12.6. The van der Waals surface area contributed by atoms with Crippen molar-refractivity contribution in [2.45, 2.75) is 52.4 Å². The summed E-state index contributed by atoms with van der Waals surface area (Å²) in [5.41, 5.74) is 6.55. The maximum Gasteiger partial charge on any atom is 2.00 e. The molecule has 0 fully saturated rings. The van der Waals surface area contributed by atoms with Gasteiger partial charge in [-0.25, -0.2) is 0 Å². The van der Waals surface area contributed by atoms with Gasteiger partial charge in [0.25, 0.3) is 0 Å². The Balaban J connectivity index is 0.00000312. The molecule has 4 heterocycles. The summed E-state index contributed by atoms with van der Waals surface area (Å²) in [7, 11) is 0. The Hall–Kier alpha value is -4.21. The maximum atomic E-state index is 6.48. The fourth-order valence-corrected chi connectivity index (χ4v) is 6.62. The number of imidazole rings is 2. The van der Waals surface area contributed by atoms with Gasteiger partial charge in [0.05, 0.1) is 11.3 Å². The van der Waals surface area contributed by atoms with Crippen LogP contribution in [0.15, 0.2) is 85.5 Å². The van der Waals surface area contributed by atoms with Crippen molar-refractivity contribution < 1.29 is 25.8 Å². The average molecular weight is 756 g/mol. The van der Waals surface area contributed by atoms with Gasteiger partial charge in [-0.05, 0) is 44.9 Å². The third kappa shape index (κ3) is 4.24. The zero-order chi connectivity index (χ0) is 29.7. The Labute approximate surface area is 270 Å². The number of fused-ring (bicyclic) bond motifs is 12. The van der Waals surface area contributed by atoms with Crippen LogP contribution in [-0.2, 0) is 31.9 Å². The van der Waals surface area contributed by atoms with Crippen molar-refractivity contribution in [2.75, 3.05) is 0 Å². The van der Waals surface area contributed by atoms with E-state index >= 15 is 0 Å². The summed E-state index contributed by atoms with van der Waals surface area (Å²) >= 11 is 0. The number of ether oxygens (including phenoxy) is 1. The fraction of sp³-hybridized carbons (Fsp3) is 0.211. The molecule has 0 saturated carbocycles. The second-order valence-electron chi connectivity index (χ2n) is 13.5. The second kappa shape index (κ2) is 9.90. The van der Waals surface area contributed by atoms with Gasteiger partial charge in [-0.1, -0.05) is 112 Å². The van der Waals surface area contributed by atoms with Crippen molar-refractivity contribution in [3.63, 3.8) is 0 Å². The van der Waals surface area contributed by atoms with Gasteiger partial charge in [0, 0.05) is 47.3 Å². The third-order valence-corrected chi connectivity index (χ3v) is 8.55. The number of nitrogens with zero attached hydrogens (tertiary/aromatic N) is 4. The van der Waals surface area contributed by atoms with E-state index in [1.807, 2.05) is 36.9 Å². The van der Waals surface area contributed by atoms with E-state index in [1.54, 1.807) is 0 Å². The van der Waals surface area contributed by atoms with E-state index in [0.29, 0.717) is 11.5 Å². The second-order valence-corrected chi connectivity index (χ2v) is 13.5. The molecule has 0 amide bonds. The van der Waals surface area contributed by atoms with Crippen LogP contribution in [0.4, 0.5) is 0 Å². The van der Waals surface area contributed by atoms with Crippen LogP contribution in [0, 0.1) is 12.1 Å². The van der Waals surface area contributed by atoms with Crippen LogP contribution in [0.1, 0.15) is 52.7 Å². The van der Waals surface area contributed by atoms with Crippen LogP contribution in [0.5, 0.6) is 11.5 Å². The standard InChI is InChI=1S/C38H32N4O.Pt/c1-37(2,3)29-9-7-11-31-33(29)25-15-13-23(21-27(25)35-39-17-19-41(31)35)43-24-14-16-26-28(22-24)36-40-18-20-42(36)32-12-8-10-30(34(26)32)38(4,5)6;/h7-20H,1-6H3;/q-2;+2.